The van der Waals surface area contributed by atoms with E-state index in [-0.39, 0.29) is 18.6 Å². The van der Waals surface area contributed by atoms with E-state index in [1.165, 1.54) is 19.3 Å². The third kappa shape index (κ3) is 4.16. The van der Waals surface area contributed by atoms with Crippen molar-refractivity contribution in [1.29, 1.82) is 0 Å². The number of amides is 1. The minimum absolute atomic E-state index is 0.0660. The van der Waals surface area contributed by atoms with E-state index in [1.807, 2.05) is 0 Å². The monoisotopic (exact) mass is 287 g/mol. The molecule has 1 fully saturated rings. The Morgan fingerprint density at radius 2 is 2.10 bits per heavy atom. The molecular weight excluding hydrogens is 266 g/mol. The van der Waals surface area contributed by atoms with Crippen LogP contribution in [0.5, 0.6) is 11.5 Å². The fourth-order valence-electron chi connectivity index (χ4n) is 2.56. The topological polar surface area (TPSA) is 47.6 Å². The molecule has 0 bridgehead atoms. The van der Waals surface area contributed by atoms with Gasteiger partial charge in [0.25, 0.3) is 5.91 Å². The van der Waals surface area contributed by atoms with Crippen molar-refractivity contribution in [2.75, 3.05) is 13.7 Å². The van der Waals surface area contributed by atoms with Crippen LogP contribution in [-0.4, -0.2) is 25.7 Å². The quantitative estimate of drug-likeness (QED) is 0.847. The molecule has 1 aliphatic rings. The summed E-state index contributed by atoms with van der Waals surface area (Å²) in [6.45, 7) is 0.171. The van der Waals surface area contributed by atoms with Crippen molar-refractivity contribution in [3.8, 4) is 23.8 Å². The van der Waals surface area contributed by atoms with Gasteiger partial charge in [-0.05, 0) is 31.0 Å². The van der Waals surface area contributed by atoms with E-state index >= 15 is 0 Å². The molecule has 1 saturated carbocycles. The van der Waals surface area contributed by atoms with Crippen LogP contribution in [0.1, 0.15) is 42.5 Å². The van der Waals surface area contributed by atoms with Gasteiger partial charge in [-0.2, -0.15) is 0 Å². The molecule has 1 aromatic carbocycles. The predicted molar refractivity (Wildman–Crippen MR) is 81.7 cm³/mol. The summed E-state index contributed by atoms with van der Waals surface area (Å²) in [4.78, 5) is 12.3. The summed E-state index contributed by atoms with van der Waals surface area (Å²) < 4.78 is 10.6. The van der Waals surface area contributed by atoms with Crippen LogP contribution in [0, 0.1) is 12.3 Å². The molecule has 0 heterocycles. The van der Waals surface area contributed by atoms with E-state index in [4.69, 9.17) is 15.9 Å². The maximum atomic E-state index is 12.3. The minimum Gasteiger partial charge on any atom is -0.493 e. The number of benzene rings is 1. The zero-order valence-corrected chi connectivity index (χ0v) is 12.4. The minimum atomic E-state index is -0.0660. The average Bonchev–Trinajstić information content (AvgIpc) is 2.53. The molecule has 0 atom stereocenters. The Bertz CT molecular complexity index is 527. The van der Waals surface area contributed by atoms with Gasteiger partial charge in [-0.3, -0.25) is 4.79 Å². The number of carbonyl (C=O) groups excluding carboxylic acids is 1. The van der Waals surface area contributed by atoms with Crippen molar-refractivity contribution in [3.63, 3.8) is 0 Å². The molecule has 21 heavy (non-hydrogen) atoms. The predicted octanol–water partition coefficient (Wildman–Crippen LogP) is 2.77. The van der Waals surface area contributed by atoms with E-state index in [1.54, 1.807) is 25.3 Å². The van der Waals surface area contributed by atoms with Crippen LogP contribution < -0.4 is 14.8 Å². The summed E-state index contributed by atoms with van der Waals surface area (Å²) in [5.41, 5.74) is 0.575. The molecule has 0 unspecified atom stereocenters. The number of rotatable bonds is 5. The zero-order valence-electron chi connectivity index (χ0n) is 12.4. The van der Waals surface area contributed by atoms with Gasteiger partial charge < -0.3 is 14.8 Å². The van der Waals surface area contributed by atoms with Crippen LogP contribution in [-0.2, 0) is 0 Å². The van der Waals surface area contributed by atoms with E-state index in [0.717, 1.165) is 12.8 Å². The third-order valence-corrected chi connectivity index (χ3v) is 3.68. The molecule has 1 amide bonds. The van der Waals surface area contributed by atoms with Crippen LogP contribution in [0.4, 0.5) is 0 Å². The Labute approximate surface area is 125 Å². The molecule has 0 radical (unpaired) electrons. The van der Waals surface area contributed by atoms with Gasteiger partial charge in [-0.1, -0.05) is 25.2 Å². The lowest BCUT2D eigenvalue weighted by Crippen LogP contribution is -2.36. The van der Waals surface area contributed by atoms with Crippen molar-refractivity contribution in [3.05, 3.63) is 23.8 Å². The summed E-state index contributed by atoms with van der Waals surface area (Å²) in [5.74, 6) is 3.40. The number of hydrogen-bond donors (Lipinski definition) is 1. The van der Waals surface area contributed by atoms with Crippen molar-refractivity contribution in [2.45, 2.75) is 38.1 Å². The number of terminal acetylenes is 1. The molecule has 2 rings (SSSR count). The smallest absolute Gasteiger partial charge is 0.251 e. The zero-order chi connectivity index (χ0) is 15.1. The van der Waals surface area contributed by atoms with E-state index in [9.17, 15) is 4.79 Å². The van der Waals surface area contributed by atoms with Crippen molar-refractivity contribution >= 4 is 5.91 Å². The van der Waals surface area contributed by atoms with Gasteiger partial charge in [0.15, 0.2) is 11.5 Å². The standard InChI is InChI=1S/C17H21NO3/c1-3-11-21-15-10-9-13(12-16(15)20-2)17(19)18-14-7-5-4-6-8-14/h1,9-10,12,14H,4-8,11H2,2H3,(H,18,19). The SMILES string of the molecule is C#CCOc1ccc(C(=O)NC2CCCCC2)cc1OC. The maximum absolute atomic E-state index is 12.3. The van der Waals surface area contributed by atoms with Crippen molar-refractivity contribution in [1.82, 2.24) is 5.32 Å². The molecule has 112 valence electrons. The van der Waals surface area contributed by atoms with Gasteiger partial charge in [-0.15, -0.1) is 6.42 Å². The fraction of sp³-hybridized carbons (Fsp3) is 0.471. The lowest BCUT2D eigenvalue weighted by Gasteiger charge is -2.23. The van der Waals surface area contributed by atoms with E-state index in [2.05, 4.69) is 11.2 Å². The Hall–Kier alpha value is -2.15. The van der Waals surface area contributed by atoms with Crippen LogP contribution in [0.2, 0.25) is 0 Å². The van der Waals surface area contributed by atoms with Gasteiger partial charge in [0.1, 0.15) is 6.61 Å². The first-order valence-corrected chi connectivity index (χ1v) is 7.29. The Balaban J connectivity index is 2.05. The van der Waals surface area contributed by atoms with Gasteiger partial charge in [0, 0.05) is 11.6 Å². The van der Waals surface area contributed by atoms with Crippen LogP contribution in [0.3, 0.4) is 0 Å². The highest BCUT2D eigenvalue weighted by Gasteiger charge is 2.17. The number of ether oxygens (including phenoxy) is 2. The van der Waals surface area contributed by atoms with E-state index < -0.39 is 0 Å². The lowest BCUT2D eigenvalue weighted by molar-refractivity contribution is 0.0927. The normalized spacial score (nSPS) is 15.0. The first-order valence-electron chi connectivity index (χ1n) is 7.29. The molecule has 1 aliphatic carbocycles. The first-order chi connectivity index (χ1) is 10.2. The molecular formula is C17H21NO3. The Morgan fingerprint density at radius 3 is 2.76 bits per heavy atom. The summed E-state index contributed by atoms with van der Waals surface area (Å²) in [5, 5.41) is 3.08. The number of methoxy groups -OCH3 is 1. The maximum Gasteiger partial charge on any atom is 0.251 e. The third-order valence-electron chi connectivity index (χ3n) is 3.68. The van der Waals surface area contributed by atoms with Gasteiger partial charge in [0.2, 0.25) is 0 Å². The highest BCUT2D eigenvalue weighted by molar-refractivity contribution is 5.95. The highest BCUT2D eigenvalue weighted by atomic mass is 16.5. The Morgan fingerprint density at radius 1 is 1.33 bits per heavy atom. The summed E-state index contributed by atoms with van der Waals surface area (Å²) in [7, 11) is 1.54. The fourth-order valence-corrected chi connectivity index (χ4v) is 2.56. The Kier molecular flexibility index (Phi) is 5.51. The van der Waals surface area contributed by atoms with Crippen LogP contribution in [0.25, 0.3) is 0 Å². The molecule has 1 aromatic rings. The largest absolute Gasteiger partial charge is 0.493 e. The van der Waals surface area contributed by atoms with Crippen LogP contribution in [0.15, 0.2) is 18.2 Å². The summed E-state index contributed by atoms with van der Waals surface area (Å²) in [6.07, 6.45) is 10.9. The number of nitrogens with one attached hydrogen (secondary N) is 1. The molecule has 0 aliphatic heterocycles. The van der Waals surface area contributed by atoms with Crippen molar-refractivity contribution in [2.24, 2.45) is 0 Å². The summed E-state index contributed by atoms with van der Waals surface area (Å²) >= 11 is 0. The molecule has 4 nitrogen and oxygen atoms in total. The van der Waals surface area contributed by atoms with Gasteiger partial charge >= 0.3 is 0 Å². The van der Waals surface area contributed by atoms with E-state index in [0.29, 0.717) is 17.1 Å². The molecule has 0 spiro atoms. The number of carbonyl (C=O) groups is 1. The second-order valence-corrected chi connectivity index (χ2v) is 5.17. The second kappa shape index (κ2) is 7.58. The van der Waals surface area contributed by atoms with Gasteiger partial charge in [-0.25, -0.2) is 0 Å². The molecule has 0 saturated heterocycles. The lowest BCUT2D eigenvalue weighted by atomic mass is 9.95. The van der Waals surface area contributed by atoms with Crippen LogP contribution >= 0.6 is 0 Å². The van der Waals surface area contributed by atoms with Gasteiger partial charge in [0.05, 0.1) is 7.11 Å². The molecule has 1 N–H and O–H groups in total. The molecule has 4 heteroatoms. The van der Waals surface area contributed by atoms with Crippen molar-refractivity contribution < 1.29 is 14.3 Å². The first kappa shape index (κ1) is 15.2. The second-order valence-electron chi connectivity index (χ2n) is 5.17. The summed E-state index contributed by atoms with van der Waals surface area (Å²) in [6, 6.07) is 5.41. The average molecular weight is 287 g/mol. The number of hydrogen-bond acceptors (Lipinski definition) is 3. The molecule has 0 aromatic heterocycles. The highest BCUT2D eigenvalue weighted by Crippen LogP contribution is 2.28.